The molecule has 82 valence electrons. The Morgan fingerprint density at radius 3 is 2.00 bits per heavy atom. The summed E-state index contributed by atoms with van der Waals surface area (Å²) in [5.74, 6) is -3.87. The summed E-state index contributed by atoms with van der Waals surface area (Å²) in [5, 5.41) is 8.86. The molecular formula is C8H9NO5S. The van der Waals surface area contributed by atoms with E-state index < -0.39 is 28.4 Å². The van der Waals surface area contributed by atoms with Crippen molar-refractivity contribution in [3.63, 3.8) is 0 Å². The Morgan fingerprint density at radius 2 is 1.73 bits per heavy atom. The summed E-state index contributed by atoms with van der Waals surface area (Å²) in [4.78, 5) is 42.7. The first-order valence-corrected chi connectivity index (χ1v) is 4.59. The smallest absolute Gasteiger partial charge is 0.348 e. The van der Waals surface area contributed by atoms with Crippen molar-refractivity contribution in [2.24, 2.45) is 0 Å². The van der Waals surface area contributed by atoms with E-state index >= 15 is 0 Å². The van der Waals surface area contributed by atoms with Crippen LogP contribution in [0.3, 0.4) is 0 Å². The van der Waals surface area contributed by atoms with E-state index in [2.05, 4.69) is 12.6 Å². The fourth-order valence-corrected chi connectivity index (χ4v) is 1.56. The predicted octanol–water partition coefficient (Wildman–Crippen LogP) is -0.565. The zero-order valence-electron chi connectivity index (χ0n) is 7.89. The number of imide groups is 1. The van der Waals surface area contributed by atoms with E-state index in [0.717, 1.165) is 6.92 Å². The summed E-state index contributed by atoms with van der Waals surface area (Å²) in [6.45, 7) is 0.972. The molecule has 6 nitrogen and oxygen atoms in total. The molecule has 7 heteroatoms. The van der Waals surface area contributed by atoms with Crippen molar-refractivity contribution in [2.75, 3.05) is 0 Å². The highest BCUT2D eigenvalue weighted by Gasteiger charge is 2.53. The number of carbonyl (C=O) groups is 4. The maximum absolute atomic E-state index is 11.3. The number of amides is 2. The molecular weight excluding hydrogens is 222 g/mol. The summed E-state index contributed by atoms with van der Waals surface area (Å²) < 4.78 is 0. The Balaban J connectivity index is 3.21. The molecule has 1 aliphatic heterocycles. The van der Waals surface area contributed by atoms with Gasteiger partial charge in [-0.2, -0.15) is 0 Å². The van der Waals surface area contributed by atoms with Gasteiger partial charge in [-0.1, -0.05) is 0 Å². The summed E-state index contributed by atoms with van der Waals surface area (Å²) in [5.41, 5.74) is 0. The summed E-state index contributed by atoms with van der Waals surface area (Å²) in [6.07, 6.45) is -0.163. The van der Waals surface area contributed by atoms with Crippen molar-refractivity contribution in [1.29, 1.82) is 0 Å². The van der Waals surface area contributed by atoms with Crippen molar-refractivity contribution in [3.8, 4) is 0 Å². The van der Waals surface area contributed by atoms with Crippen molar-refractivity contribution in [2.45, 2.75) is 24.6 Å². The van der Waals surface area contributed by atoms with Crippen LogP contribution in [-0.4, -0.2) is 38.4 Å². The first-order chi connectivity index (χ1) is 6.81. The Labute approximate surface area is 90.6 Å². The number of rotatable bonds is 3. The first-order valence-electron chi connectivity index (χ1n) is 4.14. The van der Waals surface area contributed by atoms with E-state index in [0.29, 0.717) is 4.90 Å². The van der Waals surface area contributed by atoms with Gasteiger partial charge >= 0.3 is 5.97 Å². The average molecular weight is 231 g/mol. The summed E-state index contributed by atoms with van der Waals surface area (Å²) in [7, 11) is 0. The molecule has 1 unspecified atom stereocenters. The average Bonchev–Trinajstić information content (AvgIpc) is 2.44. The summed E-state index contributed by atoms with van der Waals surface area (Å²) >= 11 is 3.66. The van der Waals surface area contributed by atoms with Gasteiger partial charge in [-0.15, -0.1) is 12.6 Å². The van der Waals surface area contributed by atoms with Gasteiger partial charge < -0.3 is 5.11 Å². The summed E-state index contributed by atoms with van der Waals surface area (Å²) in [6, 6.07) is 0. The predicted molar refractivity (Wildman–Crippen MR) is 51.1 cm³/mol. The SMILES string of the molecule is CC(=O)C(S)(C(=O)O)N1C(=O)CCC1=O. The topological polar surface area (TPSA) is 91.8 Å². The number of nitrogens with zero attached hydrogens (tertiary/aromatic N) is 1. The molecule has 1 aliphatic rings. The molecule has 0 aromatic rings. The second kappa shape index (κ2) is 3.65. The van der Waals surface area contributed by atoms with Crippen LogP contribution < -0.4 is 0 Å². The van der Waals surface area contributed by atoms with Gasteiger partial charge in [0.1, 0.15) is 0 Å². The molecule has 1 atom stereocenters. The minimum absolute atomic E-state index is 0.0816. The molecule has 1 rings (SSSR count). The van der Waals surface area contributed by atoms with Crippen molar-refractivity contribution >= 4 is 36.2 Å². The van der Waals surface area contributed by atoms with E-state index in [1.807, 2.05) is 0 Å². The van der Waals surface area contributed by atoms with Gasteiger partial charge in [0.15, 0.2) is 5.78 Å². The molecule has 2 amide bonds. The third-order valence-corrected chi connectivity index (χ3v) is 2.87. The van der Waals surface area contributed by atoms with Crippen LogP contribution in [0.5, 0.6) is 0 Å². The van der Waals surface area contributed by atoms with Gasteiger partial charge in [-0.25, -0.2) is 9.69 Å². The number of carbonyl (C=O) groups excluding carboxylic acids is 3. The van der Waals surface area contributed by atoms with Crippen LogP contribution in [0.1, 0.15) is 19.8 Å². The second-order valence-electron chi connectivity index (χ2n) is 3.16. The van der Waals surface area contributed by atoms with Crippen molar-refractivity contribution in [1.82, 2.24) is 4.90 Å². The highest BCUT2D eigenvalue weighted by atomic mass is 32.1. The second-order valence-corrected chi connectivity index (χ2v) is 3.80. The van der Waals surface area contributed by atoms with Gasteiger partial charge in [0, 0.05) is 12.8 Å². The number of hydrogen-bond acceptors (Lipinski definition) is 5. The Hall–Kier alpha value is -1.37. The maximum atomic E-state index is 11.3. The first kappa shape index (κ1) is 11.7. The lowest BCUT2D eigenvalue weighted by atomic mass is 10.1. The zero-order valence-corrected chi connectivity index (χ0v) is 8.78. The zero-order chi connectivity index (χ0) is 11.8. The minimum atomic E-state index is -2.37. The number of likely N-dealkylation sites (tertiary alicyclic amines) is 1. The molecule has 1 N–H and O–H groups in total. The van der Waals surface area contributed by atoms with Crippen LogP contribution in [0.4, 0.5) is 0 Å². The van der Waals surface area contributed by atoms with Crippen LogP contribution in [0, 0.1) is 0 Å². The molecule has 0 aromatic carbocycles. The van der Waals surface area contributed by atoms with Crippen LogP contribution in [0.25, 0.3) is 0 Å². The third kappa shape index (κ3) is 1.63. The van der Waals surface area contributed by atoms with Crippen LogP contribution >= 0.6 is 12.6 Å². The lowest BCUT2D eigenvalue weighted by Crippen LogP contribution is -2.57. The highest BCUT2D eigenvalue weighted by Crippen LogP contribution is 2.28. The molecule has 1 heterocycles. The largest absolute Gasteiger partial charge is 0.478 e. The number of carboxylic acids is 1. The van der Waals surface area contributed by atoms with E-state index in [1.54, 1.807) is 0 Å². The molecule has 0 saturated carbocycles. The maximum Gasteiger partial charge on any atom is 0.348 e. The molecule has 0 bridgehead atoms. The molecule has 1 saturated heterocycles. The monoisotopic (exact) mass is 231 g/mol. The Bertz CT molecular complexity index is 330. The lowest BCUT2D eigenvalue weighted by molar-refractivity contribution is -0.160. The number of aliphatic carboxylic acids is 1. The third-order valence-electron chi connectivity index (χ3n) is 2.16. The lowest BCUT2D eigenvalue weighted by Gasteiger charge is -2.29. The fourth-order valence-electron chi connectivity index (χ4n) is 1.34. The van der Waals surface area contributed by atoms with Gasteiger partial charge in [-0.05, 0) is 6.92 Å². The molecule has 15 heavy (non-hydrogen) atoms. The van der Waals surface area contributed by atoms with Crippen molar-refractivity contribution < 1.29 is 24.3 Å². The van der Waals surface area contributed by atoms with E-state index in [4.69, 9.17) is 5.11 Å². The quantitative estimate of drug-likeness (QED) is 0.386. The fraction of sp³-hybridized carbons (Fsp3) is 0.500. The van der Waals surface area contributed by atoms with E-state index in [9.17, 15) is 19.2 Å². The van der Waals surface area contributed by atoms with Gasteiger partial charge in [-0.3, -0.25) is 14.4 Å². The van der Waals surface area contributed by atoms with Crippen LogP contribution in [0.15, 0.2) is 0 Å². The van der Waals surface area contributed by atoms with E-state index in [1.165, 1.54) is 0 Å². The number of ketones is 1. The normalized spacial score (nSPS) is 20.3. The number of Topliss-reactive ketones (excluding diaryl/α,β-unsaturated/α-hetero) is 1. The van der Waals surface area contributed by atoms with Gasteiger partial charge in [0.25, 0.3) is 0 Å². The molecule has 1 fully saturated rings. The number of carboxylic acid groups (broad SMARTS) is 1. The molecule has 0 radical (unpaired) electrons. The van der Waals surface area contributed by atoms with Crippen LogP contribution in [-0.2, 0) is 19.2 Å². The highest BCUT2D eigenvalue weighted by molar-refractivity contribution is 7.83. The van der Waals surface area contributed by atoms with Crippen molar-refractivity contribution in [3.05, 3.63) is 0 Å². The van der Waals surface area contributed by atoms with Gasteiger partial charge in [0.2, 0.25) is 16.7 Å². The minimum Gasteiger partial charge on any atom is -0.478 e. The molecule has 0 aliphatic carbocycles. The number of hydrogen-bond donors (Lipinski definition) is 2. The van der Waals surface area contributed by atoms with E-state index in [-0.39, 0.29) is 12.8 Å². The number of thiol groups is 1. The Kier molecular flexibility index (Phi) is 2.85. The Morgan fingerprint density at radius 1 is 1.33 bits per heavy atom. The molecule has 0 aromatic heterocycles. The van der Waals surface area contributed by atoms with Crippen LogP contribution in [0.2, 0.25) is 0 Å². The van der Waals surface area contributed by atoms with Gasteiger partial charge in [0.05, 0.1) is 0 Å². The molecule has 0 spiro atoms. The standard InChI is InChI=1S/C8H9NO5S/c1-4(10)8(15,7(13)14)9-5(11)2-3-6(9)12/h15H,2-3H2,1H3,(H,13,14).